The molecule has 0 spiro atoms. The van der Waals surface area contributed by atoms with E-state index in [1.54, 1.807) is 37.4 Å². The van der Waals surface area contributed by atoms with Crippen LogP contribution < -0.4 is 10.1 Å². The monoisotopic (exact) mass is 295 g/mol. The van der Waals surface area contributed by atoms with Crippen molar-refractivity contribution in [2.24, 2.45) is 0 Å². The Bertz CT molecular complexity index is 734. The van der Waals surface area contributed by atoms with E-state index >= 15 is 0 Å². The zero-order valence-corrected chi connectivity index (χ0v) is 12.6. The molecule has 3 rings (SSSR count). The van der Waals surface area contributed by atoms with Crippen molar-refractivity contribution in [3.8, 4) is 5.75 Å². The van der Waals surface area contributed by atoms with Gasteiger partial charge in [0.25, 0.3) is 0 Å². The number of nitrogens with one attached hydrogen (secondary N) is 1. The van der Waals surface area contributed by atoms with Gasteiger partial charge in [0.05, 0.1) is 13.0 Å². The van der Waals surface area contributed by atoms with Crippen molar-refractivity contribution < 1.29 is 14.3 Å². The lowest BCUT2D eigenvalue weighted by Crippen LogP contribution is -2.20. The molecule has 0 aliphatic heterocycles. The van der Waals surface area contributed by atoms with Crippen LogP contribution in [-0.2, 0) is 4.79 Å². The van der Waals surface area contributed by atoms with Crippen molar-refractivity contribution in [3.05, 3.63) is 59.2 Å². The number of ketones is 1. The van der Waals surface area contributed by atoms with Crippen molar-refractivity contribution >= 4 is 17.4 Å². The van der Waals surface area contributed by atoms with Crippen LogP contribution in [0.2, 0.25) is 0 Å². The molecule has 1 aliphatic rings. The summed E-state index contributed by atoms with van der Waals surface area (Å²) in [5.41, 5.74) is 3.21. The van der Waals surface area contributed by atoms with E-state index in [2.05, 4.69) is 5.32 Å². The lowest BCUT2D eigenvalue weighted by Gasteiger charge is -2.14. The van der Waals surface area contributed by atoms with E-state index in [-0.39, 0.29) is 18.1 Å². The minimum atomic E-state index is -0.411. The quantitative estimate of drug-likeness (QED) is 0.945. The van der Waals surface area contributed by atoms with Crippen LogP contribution in [0.1, 0.15) is 33.8 Å². The highest BCUT2D eigenvalue weighted by atomic mass is 16.5. The molecule has 1 amide bonds. The second kappa shape index (κ2) is 5.64. The zero-order valence-electron chi connectivity index (χ0n) is 12.6. The van der Waals surface area contributed by atoms with Crippen molar-refractivity contribution in [3.63, 3.8) is 0 Å². The number of anilines is 1. The Hall–Kier alpha value is -2.62. The van der Waals surface area contributed by atoms with Crippen LogP contribution in [0, 0.1) is 6.92 Å². The Labute approximate surface area is 129 Å². The van der Waals surface area contributed by atoms with Gasteiger partial charge in [-0.1, -0.05) is 18.2 Å². The van der Waals surface area contributed by atoms with Gasteiger partial charge in [0.15, 0.2) is 5.78 Å². The molecule has 2 aromatic rings. The number of aryl methyl sites for hydroxylation is 1. The summed E-state index contributed by atoms with van der Waals surface area (Å²) in [7, 11) is 1.59. The first-order valence-corrected chi connectivity index (χ1v) is 7.18. The summed E-state index contributed by atoms with van der Waals surface area (Å²) in [6.07, 6.45) is 0.238. The first-order chi connectivity index (χ1) is 10.6. The predicted octanol–water partition coefficient (Wildman–Crippen LogP) is 3.31. The number of carbonyl (C=O) groups excluding carboxylic acids is 2. The average Bonchev–Trinajstić information content (AvgIpc) is 2.87. The maximum Gasteiger partial charge on any atom is 0.232 e. The number of carbonyl (C=O) groups is 2. The number of hydrogen-bond acceptors (Lipinski definition) is 3. The average molecular weight is 295 g/mol. The number of fused-ring (bicyclic) bond motifs is 1. The van der Waals surface area contributed by atoms with Crippen molar-refractivity contribution in [1.82, 2.24) is 0 Å². The second-order valence-electron chi connectivity index (χ2n) is 5.43. The Morgan fingerprint density at radius 2 is 1.91 bits per heavy atom. The highest BCUT2D eigenvalue weighted by molar-refractivity contribution is 6.09. The number of hydrogen-bond donors (Lipinski definition) is 1. The lowest BCUT2D eigenvalue weighted by molar-refractivity contribution is -0.117. The largest absolute Gasteiger partial charge is 0.497 e. The molecule has 4 nitrogen and oxygen atoms in total. The third kappa shape index (κ3) is 2.48. The summed E-state index contributed by atoms with van der Waals surface area (Å²) >= 11 is 0. The van der Waals surface area contributed by atoms with Crippen LogP contribution in [0.5, 0.6) is 5.75 Å². The maximum atomic E-state index is 12.5. The van der Waals surface area contributed by atoms with Crippen LogP contribution in [0.25, 0.3) is 0 Å². The molecule has 0 aromatic heterocycles. The van der Waals surface area contributed by atoms with E-state index in [0.717, 1.165) is 16.9 Å². The Morgan fingerprint density at radius 1 is 1.18 bits per heavy atom. The summed E-state index contributed by atoms with van der Waals surface area (Å²) < 4.78 is 5.09. The third-order valence-corrected chi connectivity index (χ3v) is 4.04. The lowest BCUT2D eigenvalue weighted by atomic mass is 9.96. The molecule has 0 fully saturated rings. The number of benzene rings is 2. The number of methoxy groups -OCH3 is 1. The number of ether oxygens (including phenoxy) is 1. The standard InChI is InChI=1S/C18H17NO3/c1-11-4-3-5-14-16(20)10-15(17(11)14)18(21)19-12-6-8-13(22-2)9-7-12/h3-9,15H,10H2,1-2H3,(H,19,21). The predicted molar refractivity (Wildman–Crippen MR) is 84.5 cm³/mol. The minimum Gasteiger partial charge on any atom is -0.497 e. The molecule has 22 heavy (non-hydrogen) atoms. The molecule has 1 N–H and O–H groups in total. The van der Waals surface area contributed by atoms with E-state index in [1.165, 1.54) is 0 Å². The molecule has 2 aromatic carbocycles. The molecule has 0 bridgehead atoms. The van der Waals surface area contributed by atoms with E-state index in [9.17, 15) is 9.59 Å². The first-order valence-electron chi connectivity index (χ1n) is 7.18. The van der Waals surface area contributed by atoms with Crippen LogP contribution in [0.15, 0.2) is 42.5 Å². The SMILES string of the molecule is COc1ccc(NC(=O)C2CC(=O)c3cccc(C)c32)cc1. The highest BCUT2D eigenvalue weighted by Gasteiger charge is 2.35. The van der Waals surface area contributed by atoms with Gasteiger partial charge in [-0.05, 0) is 42.3 Å². The molecular formula is C18H17NO3. The Morgan fingerprint density at radius 3 is 2.59 bits per heavy atom. The number of amides is 1. The van der Waals surface area contributed by atoms with Gasteiger partial charge < -0.3 is 10.1 Å². The summed E-state index contributed by atoms with van der Waals surface area (Å²) in [6, 6.07) is 12.7. The van der Waals surface area contributed by atoms with Gasteiger partial charge in [-0.25, -0.2) is 0 Å². The summed E-state index contributed by atoms with van der Waals surface area (Å²) in [6.45, 7) is 1.94. The van der Waals surface area contributed by atoms with Crippen molar-refractivity contribution in [2.45, 2.75) is 19.3 Å². The van der Waals surface area contributed by atoms with Gasteiger partial charge in [0.2, 0.25) is 5.91 Å². The topological polar surface area (TPSA) is 55.4 Å². The molecular weight excluding hydrogens is 278 g/mol. The van der Waals surface area contributed by atoms with Crippen LogP contribution in [-0.4, -0.2) is 18.8 Å². The smallest absolute Gasteiger partial charge is 0.232 e. The first kappa shape index (κ1) is 14.3. The Kier molecular flexibility index (Phi) is 3.67. The summed E-state index contributed by atoms with van der Waals surface area (Å²) in [5, 5.41) is 2.88. The molecule has 4 heteroatoms. The summed E-state index contributed by atoms with van der Waals surface area (Å²) in [5.74, 6) is 0.209. The fraction of sp³-hybridized carbons (Fsp3) is 0.222. The van der Waals surface area contributed by atoms with Crippen LogP contribution >= 0.6 is 0 Å². The van der Waals surface area contributed by atoms with Crippen LogP contribution in [0.3, 0.4) is 0 Å². The second-order valence-corrected chi connectivity index (χ2v) is 5.43. The summed E-state index contributed by atoms with van der Waals surface area (Å²) in [4.78, 5) is 24.6. The molecule has 0 saturated heterocycles. The third-order valence-electron chi connectivity index (χ3n) is 4.04. The molecule has 112 valence electrons. The van der Waals surface area contributed by atoms with Gasteiger partial charge in [0.1, 0.15) is 5.75 Å². The van der Waals surface area contributed by atoms with Gasteiger partial charge in [-0.3, -0.25) is 9.59 Å². The van der Waals surface area contributed by atoms with E-state index < -0.39 is 5.92 Å². The molecule has 1 aliphatic carbocycles. The molecule has 0 saturated carbocycles. The van der Waals surface area contributed by atoms with E-state index in [1.807, 2.05) is 19.1 Å². The maximum absolute atomic E-state index is 12.5. The zero-order chi connectivity index (χ0) is 15.7. The molecule has 1 atom stereocenters. The van der Waals surface area contributed by atoms with Crippen LogP contribution in [0.4, 0.5) is 5.69 Å². The fourth-order valence-electron chi connectivity index (χ4n) is 2.91. The highest BCUT2D eigenvalue weighted by Crippen LogP contribution is 2.36. The number of rotatable bonds is 3. The van der Waals surface area contributed by atoms with Gasteiger partial charge >= 0.3 is 0 Å². The van der Waals surface area contributed by atoms with E-state index in [0.29, 0.717) is 11.3 Å². The van der Waals surface area contributed by atoms with Crippen molar-refractivity contribution in [2.75, 3.05) is 12.4 Å². The minimum absolute atomic E-state index is 0.0357. The fourth-order valence-corrected chi connectivity index (χ4v) is 2.91. The number of Topliss-reactive ketones (excluding diaryl/α,β-unsaturated/α-hetero) is 1. The van der Waals surface area contributed by atoms with E-state index in [4.69, 9.17) is 4.74 Å². The molecule has 0 heterocycles. The normalized spacial score (nSPS) is 16.3. The Balaban J connectivity index is 1.83. The van der Waals surface area contributed by atoms with Crippen molar-refractivity contribution in [1.29, 1.82) is 0 Å². The van der Waals surface area contributed by atoms with Gasteiger partial charge in [0, 0.05) is 17.7 Å². The van der Waals surface area contributed by atoms with Gasteiger partial charge in [-0.15, -0.1) is 0 Å². The van der Waals surface area contributed by atoms with Gasteiger partial charge in [-0.2, -0.15) is 0 Å². The molecule has 1 unspecified atom stereocenters. The molecule has 0 radical (unpaired) electrons.